The lowest BCUT2D eigenvalue weighted by atomic mass is 10.0. The van der Waals surface area contributed by atoms with Gasteiger partial charge in [0.1, 0.15) is 5.69 Å². The average Bonchev–Trinajstić information content (AvgIpc) is 2.77. The fourth-order valence-electron chi connectivity index (χ4n) is 2.93. The Labute approximate surface area is 140 Å². The highest BCUT2D eigenvalue weighted by Crippen LogP contribution is 2.48. The topological polar surface area (TPSA) is 104 Å². The fourth-order valence-corrected chi connectivity index (χ4v) is 5.04. The van der Waals surface area contributed by atoms with Crippen LogP contribution in [0.15, 0.2) is 51.0 Å². The predicted molar refractivity (Wildman–Crippen MR) is 87.4 cm³/mol. The average molecular weight is 362 g/mol. The molecular formula is C16H8ClNO5S. The van der Waals surface area contributed by atoms with Crippen molar-refractivity contribution in [2.75, 3.05) is 0 Å². The van der Waals surface area contributed by atoms with Gasteiger partial charge in [0.05, 0.1) is 20.3 Å². The number of carbonyl (C=O) groups is 1. The van der Waals surface area contributed by atoms with Gasteiger partial charge in [-0.15, -0.1) is 0 Å². The Bertz CT molecular complexity index is 1230. The highest BCUT2D eigenvalue weighted by molar-refractivity contribution is 7.92. The molecule has 2 heterocycles. The summed E-state index contributed by atoms with van der Waals surface area (Å²) in [6.07, 6.45) is 0. The number of rotatable bonds is 1. The number of sulfone groups is 1. The van der Waals surface area contributed by atoms with E-state index in [1.54, 1.807) is 18.2 Å². The van der Waals surface area contributed by atoms with E-state index in [0.717, 1.165) is 6.07 Å². The summed E-state index contributed by atoms with van der Waals surface area (Å²) in [7, 11) is -3.78. The number of hydrogen-bond acceptors (Lipinski definition) is 4. The summed E-state index contributed by atoms with van der Waals surface area (Å²) in [4.78, 5) is 26.0. The van der Waals surface area contributed by atoms with Gasteiger partial charge in [-0.3, -0.25) is 4.79 Å². The molecule has 0 amide bonds. The van der Waals surface area contributed by atoms with Crippen LogP contribution in [0.25, 0.3) is 22.0 Å². The highest BCUT2D eigenvalue weighted by Gasteiger charge is 2.35. The van der Waals surface area contributed by atoms with Crippen LogP contribution in [0.2, 0.25) is 5.02 Å². The Balaban J connectivity index is 2.24. The number of aromatic amines is 1. The van der Waals surface area contributed by atoms with E-state index in [2.05, 4.69) is 4.98 Å². The molecule has 0 spiro atoms. The van der Waals surface area contributed by atoms with Crippen LogP contribution in [0.5, 0.6) is 0 Å². The summed E-state index contributed by atoms with van der Waals surface area (Å²) < 4.78 is 25.4. The molecule has 6 nitrogen and oxygen atoms in total. The minimum absolute atomic E-state index is 0.0104. The molecule has 1 aliphatic heterocycles. The number of pyridine rings is 1. The van der Waals surface area contributed by atoms with E-state index in [9.17, 15) is 18.0 Å². The Morgan fingerprint density at radius 2 is 1.83 bits per heavy atom. The van der Waals surface area contributed by atoms with Crippen LogP contribution in [0.4, 0.5) is 0 Å². The van der Waals surface area contributed by atoms with Gasteiger partial charge >= 0.3 is 5.97 Å². The molecule has 24 heavy (non-hydrogen) atoms. The SMILES string of the molecule is O=C(O)c1cc(=O)c2cc3c(c(Cl)c2[nH]1)-c1ccccc1S3(=O)=O. The van der Waals surface area contributed by atoms with Crippen molar-refractivity contribution < 1.29 is 18.3 Å². The third-order valence-corrected chi connectivity index (χ3v) is 6.21. The van der Waals surface area contributed by atoms with E-state index in [-0.39, 0.29) is 37.0 Å². The zero-order chi connectivity index (χ0) is 17.2. The first-order valence-electron chi connectivity index (χ1n) is 6.79. The second-order valence-electron chi connectivity index (χ2n) is 5.34. The highest BCUT2D eigenvalue weighted by atomic mass is 35.5. The predicted octanol–water partition coefficient (Wildman–Crippen LogP) is 2.69. The summed E-state index contributed by atoms with van der Waals surface area (Å²) >= 11 is 6.36. The molecule has 0 aliphatic carbocycles. The number of aromatic carboxylic acids is 1. The Morgan fingerprint density at radius 1 is 1.12 bits per heavy atom. The van der Waals surface area contributed by atoms with Gasteiger partial charge in [-0.2, -0.15) is 0 Å². The zero-order valence-corrected chi connectivity index (χ0v) is 13.4. The summed E-state index contributed by atoms with van der Waals surface area (Å²) in [6, 6.07) is 8.52. The first kappa shape index (κ1) is 14.9. The van der Waals surface area contributed by atoms with Crippen LogP contribution in [-0.2, 0) is 9.84 Å². The summed E-state index contributed by atoms with van der Waals surface area (Å²) in [5, 5.41) is 9.12. The van der Waals surface area contributed by atoms with Gasteiger partial charge in [0.2, 0.25) is 9.84 Å². The smallest absolute Gasteiger partial charge is 0.352 e. The Morgan fingerprint density at radius 3 is 2.54 bits per heavy atom. The number of nitrogens with one attached hydrogen (secondary N) is 1. The molecule has 1 aliphatic rings. The fraction of sp³-hybridized carbons (Fsp3) is 0. The van der Waals surface area contributed by atoms with Gasteiger partial charge in [0.15, 0.2) is 5.43 Å². The van der Waals surface area contributed by atoms with Crippen molar-refractivity contribution in [1.29, 1.82) is 0 Å². The molecule has 0 saturated heterocycles. The quantitative estimate of drug-likeness (QED) is 0.542. The van der Waals surface area contributed by atoms with Crippen molar-refractivity contribution in [1.82, 2.24) is 4.98 Å². The Hall–Kier alpha value is -2.64. The lowest BCUT2D eigenvalue weighted by Crippen LogP contribution is -2.10. The maximum Gasteiger partial charge on any atom is 0.352 e. The van der Waals surface area contributed by atoms with Gasteiger partial charge < -0.3 is 10.1 Å². The summed E-state index contributed by atoms with van der Waals surface area (Å²) in [6.45, 7) is 0. The molecule has 1 aromatic heterocycles. The molecule has 4 rings (SSSR count). The first-order chi connectivity index (χ1) is 11.3. The second-order valence-corrected chi connectivity index (χ2v) is 7.60. The molecule has 0 unspecified atom stereocenters. The van der Waals surface area contributed by atoms with Crippen molar-refractivity contribution >= 4 is 38.3 Å². The van der Waals surface area contributed by atoms with Crippen molar-refractivity contribution in [3.05, 3.63) is 57.3 Å². The van der Waals surface area contributed by atoms with Gasteiger partial charge in [-0.25, -0.2) is 13.2 Å². The van der Waals surface area contributed by atoms with Gasteiger partial charge in [0.25, 0.3) is 0 Å². The zero-order valence-electron chi connectivity index (χ0n) is 11.8. The molecule has 2 N–H and O–H groups in total. The third-order valence-electron chi connectivity index (χ3n) is 4.00. The van der Waals surface area contributed by atoms with E-state index in [0.29, 0.717) is 5.56 Å². The standard InChI is InChI=1S/C16H8ClNO5S/c17-14-13-7-3-1-2-4-11(7)24(22,23)12(13)5-8-10(19)6-9(16(20)21)18-15(8)14/h1-6H,(H,18,19)(H,20,21). The van der Waals surface area contributed by atoms with Crippen LogP contribution >= 0.6 is 11.6 Å². The monoisotopic (exact) mass is 361 g/mol. The molecule has 0 radical (unpaired) electrons. The minimum Gasteiger partial charge on any atom is -0.477 e. The summed E-state index contributed by atoms with van der Waals surface area (Å²) in [5.74, 6) is -1.31. The van der Waals surface area contributed by atoms with Crippen LogP contribution in [0.3, 0.4) is 0 Å². The Kier molecular flexibility index (Phi) is 2.91. The lowest BCUT2D eigenvalue weighted by Gasteiger charge is -2.08. The number of carboxylic acid groups (broad SMARTS) is 1. The molecule has 0 bridgehead atoms. The van der Waals surface area contributed by atoms with E-state index in [1.165, 1.54) is 12.1 Å². The molecule has 2 aromatic carbocycles. The third kappa shape index (κ3) is 1.79. The normalized spacial score (nSPS) is 14.4. The van der Waals surface area contributed by atoms with Gasteiger partial charge in [0, 0.05) is 22.6 Å². The number of halogens is 1. The number of carboxylic acids is 1. The number of fused-ring (bicyclic) bond motifs is 4. The van der Waals surface area contributed by atoms with E-state index >= 15 is 0 Å². The van der Waals surface area contributed by atoms with Crippen molar-refractivity contribution in [2.24, 2.45) is 0 Å². The second kappa shape index (κ2) is 4.68. The molecule has 120 valence electrons. The number of benzene rings is 2. The number of aromatic nitrogens is 1. The van der Waals surface area contributed by atoms with E-state index in [1.807, 2.05) is 0 Å². The lowest BCUT2D eigenvalue weighted by molar-refractivity contribution is 0.0691. The minimum atomic E-state index is -3.78. The molecule has 0 atom stereocenters. The molecule has 0 saturated carbocycles. The molecular weight excluding hydrogens is 354 g/mol. The van der Waals surface area contributed by atoms with Crippen molar-refractivity contribution in [3.63, 3.8) is 0 Å². The van der Waals surface area contributed by atoms with Crippen LogP contribution < -0.4 is 5.43 Å². The maximum atomic E-state index is 12.7. The van der Waals surface area contributed by atoms with Gasteiger partial charge in [-0.05, 0) is 12.1 Å². The number of H-pyrrole nitrogens is 1. The molecule has 8 heteroatoms. The first-order valence-corrected chi connectivity index (χ1v) is 8.66. The van der Waals surface area contributed by atoms with Crippen LogP contribution in [-0.4, -0.2) is 24.5 Å². The van der Waals surface area contributed by atoms with Crippen LogP contribution in [0.1, 0.15) is 10.5 Å². The molecule has 0 fully saturated rings. The van der Waals surface area contributed by atoms with Crippen LogP contribution in [0, 0.1) is 0 Å². The molecule has 3 aromatic rings. The van der Waals surface area contributed by atoms with E-state index < -0.39 is 21.2 Å². The largest absolute Gasteiger partial charge is 0.477 e. The number of hydrogen-bond donors (Lipinski definition) is 2. The summed E-state index contributed by atoms with van der Waals surface area (Å²) in [5.41, 5.74) is -0.119. The van der Waals surface area contributed by atoms with Gasteiger partial charge in [-0.1, -0.05) is 29.8 Å². The van der Waals surface area contributed by atoms with Crippen molar-refractivity contribution in [3.8, 4) is 11.1 Å². The van der Waals surface area contributed by atoms with Crippen molar-refractivity contribution in [2.45, 2.75) is 9.79 Å². The van der Waals surface area contributed by atoms with E-state index in [4.69, 9.17) is 16.7 Å². The maximum absolute atomic E-state index is 12.7.